The van der Waals surface area contributed by atoms with Gasteiger partial charge in [-0.05, 0) is 80.2 Å². The Morgan fingerprint density at radius 1 is 1.00 bits per heavy atom. The third kappa shape index (κ3) is 6.70. The number of piperazine rings is 1. The SMILES string of the molecule is CCNCCCN1CCN(C(=O)c2ccc(NC3=NC4=C(CN=C(c5ccccc5F)c5cc(Cl)ccc54)CN3)cc2)CC1. The highest BCUT2D eigenvalue weighted by Crippen LogP contribution is 2.33. The third-order valence-corrected chi connectivity index (χ3v) is 8.44. The van der Waals surface area contributed by atoms with Gasteiger partial charge in [-0.3, -0.25) is 14.7 Å². The molecule has 0 atom stereocenters. The fraction of sp³-hybridized carbons (Fsp3) is 0.324. The normalized spacial score (nSPS) is 16.8. The molecule has 0 spiro atoms. The molecular weight excluding hydrogens is 577 g/mol. The molecule has 0 aliphatic carbocycles. The largest absolute Gasteiger partial charge is 0.352 e. The number of benzene rings is 3. The van der Waals surface area contributed by atoms with E-state index in [2.05, 4.69) is 27.8 Å². The van der Waals surface area contributed by atoms with Crippen molar-refractivity contribution in [1.82, 2.24) is 20.4 Å². The molecule has 3 aliphatic heterocycles. The second kappa shape index (κ2) is 13.7. The van der Waals surface area contributed by atoms with Crippen molar-refractivity contribution in [3.8, 4) is 0 Å². The number of carbonyl (C=O) groups excluding carboxylic acids is 1. The quantitative estimate of drug-likeness (QED) is 0.316. The standard InChI is InChI=1S/C34H37ClFN7O/c1-2-37-14-5-15-42-16-18-43(19-17-42)33(44)23-8-11-26(12-9-23)40-34-39-22-24-21-38-32(28-6-3-4-7-30(28)36)29-20-25(35)10-13-27(29)31(24)41-34/h3-4,6-13,20,37H,2,5,14-19,21-22H2,1H3,(H2,39,40,41). The fourth-order valence-electron chi connectivity index (χ4n) is 5.81. The summed E-state index contributed by atoms with van der Waals surface area (Å²) in [7, 11) is 0. The first-order valence-electron chi connectivity index (χ1n) is 15.2. The van der Waals surface area contributed by atoms with Crippen molar-refractivity contribution in [3.63, 3.8) is 0 Å². The van der Waals surface area contributed by atoms with Crippen LogP contribution in [0.4, 0.5) is 10.1 Å². The average Bonchev–Trinajstić information content (AvgIpc) is 3.20. The van der Waals surface area contributed by atoms with Crippen LogP contribution in [0.3, 0.4) is 0 Å². The van der Waals surface area contributed by atoms with Crippen LogP contribution in [0.5, 0.6) is 0 Å². The molecule has 3 heterocycles. The first kappa shape index (κ1) is 30.0. The van der Waals surface area contributed by atoms with Gasteiger partial charge in [-0.2, -0.15) is 0 Å². The monoisotopic (exact) mass is 613 g/mol. The van der Waals surface area contributed by atoms with Crippen molar-refractivity contribution in [2.45, 2.75) is 13.3 Å². The number of amides is 1. The molecule has 44 heavy (non-hydrogen) atoms. The van der Waals surface area contributed by atoms with Crippen molar-refractivity contribution >= 4 is 40.6 Å². The summed E-state index contributed by atoms with van der Waals surface area (Å²) in [6, 6.07) is 19.7. The van der Waals surface area contributed by atoms with Gasteiger partial charge < -0.3 is 20.9 Å². The molecule has 0 saturated carbocycles. The second-order valence-corrected chi connectivity index (χ2v) is 11.6. The Hall–Kier alpha value is -4.05. The third-order valence-electron chi connectivity index (χ3n) is 8.21. The maximum Gasteiger partial charge on any atom is 0.253 e. The van der Waals surface area contributed by atoms with Gasteiger partial charge in [-0.25, -0.2) is 9.38 Å². The van der Waals surface area contributed by atoms with Crippen LogP contribution in [0.1, 0.15) is 40.4 Å². The first-order valence-corrected chi connectivity index (χ1v) is 15.6. The summed E-state index contributed by atoms with van der Waals surface area (Å²) in [4.78, 5) is 27.3. The zero-order valence-corrected chi connectivity index (χ0v) is 25.6. The Morgan fingerprint density at radius 2 is 1.80 bits per heavy atom. The number of guanidine groups is 1. The number of carbonyl (C=O) groups is 1. The summed E-state index contributed by atoms with van der Waals surface area (Å²) in [5.74, 6) is 0.315. The molecule has 8 nitrogen and oxygen atoms in total. The van der Waals surface area contributed by atoms with Crippen molar-refractivity contribution in [2.75, 3.05) is 64.2 Å². The van der Waals surface area contributed by atoms with Crippen molar-refractivity contribution in [3.05, 3.63) is 105 Å². The molecule has 6 rings (SSSR count). The maximum absolute atomic E-state index is 14.8. The van der Waals surface area contributed by atoms with Crippen molar-refractivity contribution < 1.29 is 9.18 Å². The topological polar surface area (TPSA) is 84.4 Å². The molecule has 0 radical (unpaired) electrons. The highest BCUT2D eigenvalue weighted by molar-refractivity contribution is 6.31. The van der Waals surface area contributed by atoms with Crippen molar-refractivity contribution in [1.29, 1.82) is 0 Å². The highest BCUT2D eigenvalue weighted by Gasteiger charge is 2.26. The molecule has 3 aromatic carbocycles. The Labute approximate surface area is 262 Å². The zero-order valence-electron chi connectivity index (χ0n) is 24.9. The average molecular weight is 614 g/mol. The number of hydrogen-bond donors (Lipinski definition) is 3. The molecule has 1 amide bonds. The Bertz CT molecular complexity index is 1610. The molecule has 0 bridgehead atoms. The van der Waals surface area contributed by atoms with E-state index in [-0.39, 0.29) is 11.7 Å². The second-order valence-electron chi connectivity index (χ2n) is 11.1. The molecular formula is C34H37ClFN7O. The molecule has 1 fully saturated rings. The maximum atomic E-state index is 14.8. The van der Waals surface area contributed by atoms with E-state index in [0.29, 0.717) is 40.9 Å². The smallest absolute Gasteiger partial charge is 0.253 e. The number of hydrogen-bond acceptors (Lipinski definition) is 7. The van der Waals surface area contributed by atoms with Crippen LogP contribution in [-0.2, 0) is 0 Å². The summed E-state index contributed by atoms with van der Waals surface area (Å²) in [5, 5.41) is 10.6. The van der Waals surface area contributed by atoms with Crippen molar-refractivity contribution in [2.24, 2.45) is 9.98 Å². The summed E-state index contributed by atoms with van der Waals surface area (Å²) in [6.07, 6.45) is 1.12. The fourth-order valence-corrected chi connectivity index (χ4v) is 5.99. The summed E-state index contributed by atoms with van der Waals surface area (Å²) in [6.45, 7) is 9.43. The van der Waals surface area contributed by atoms with Gasteiger partial charge in [0.25, 0.3) is 5.91 Å². The van der Waals surface area contributed by atoms with Gasteiger partial charge in [0.05, 0.1) is 18.0 Å². The number of fused-ring (bicyclic) bond motifs is 2. The number of anilines is 1. The molecule has 10 heteroatoms. The zero-order chi connectivity index (χ0) is 30.5. The van der Waals surface area contributed by atoms with Crippen LogP contribution in [0.15, 0.2) is 82.3 Å². The summed E-state index contributed by atoms with van der Waals surface area (Å²) < 4.78 is 14.8. The van der Waals surface area contributed by atoms with Gasteiger partial charge in [-0.1, -0.05) is 36.7 Å². The minimum atomic E-state index is -0.333. The predicted molar refractivity (Wildman–Crippen MR) is 176 cm³/mol. The van der Waals surface area contributed by atoms with Crippen LogP contribution in [0, 0.1) is 5.82 Å². The van der Waals surface area contributed by atoms with Gasteiger partial charge in [0.15, 0.2) is 0 Å². The Kier molecular flexibility index (Phi) is 9.35. The summed E-state index contributed by atoms with van der Waals surface area (Å²) >= 11 is 6.40. The van der Waals surface area contributed by atoms with Crippen LogP contribution in [0.25, 0.3) is 5.70 Å². The Morgan fingerprint density at radius 3 is 2.57 bits per heavy atom. The number of nitrogens with one attached hydrogen (secondary N) is 3. The lowest BCUT2D eigenvalue weighted by Gasteiger charge is -2.34. The van der Waals surface area contributed by atoms with Crippen LogP contribution < -0.4 is 16.0 Å². The van der Waals surface area contributed by atoms with Crippen LogP contribution >= 0.6 is 11.6 Å². The van der Waals surface area contributed by atoms with E-state index in [0.717, 1.165) is 80.3 Å². The number of rotatable bonds is 8. The lowest BCUT2D eigenvalue weighted by Crippen LogP contribution is -2.49. The molecule has 1 saturated heterocycles. The molecule has 3 aliphatic rings. The number of aliphatic imine (C=N–C) groups is 2. The summed E-state index contributed by atoms with van der Waals surface area (Å²) in [5.41, 5.74) is 5.87. The van der Waals surface area contributed by atoms with Gasteiger partial charge in [-0.15, -0.1) is 0 Å². The van der Waals surface area contributed by atoms with E-state index in [1.54, 1.807) is 18.2 Å². The Balaban J connectivity index is 1.13. The minimum absolute atomic E-state index is 0.0613. The first-order chi connectivity index (χ1) is 21.5. The highest BCUT2D eigenvalue weighted by atomic mass is 35.5. The van der Waals surface area contributed by atoms with E-state index in [4.69, 9.17) is 21.6 Å². The van der Waals surface area contributed by atoms with E-state index in [1.807, 2.05) is 47.4 Å². The van der Waals surface area contributed by atoms with E-state index in [1.165, 1.54) is 6.07 Å². The lowest BCUT2D eigenvalue weighted by atomic mass is 9.95. The van der Waals surface area contributed by atoms with Gasteiger partial charge in [0.1, 0.15) is 5.82 Å². The molecule has 3 aromatic rings. The number of halogens is 2. The molecule has 0 aromatic heterocycles. The minimum Gasteiger partial charge on any atom is -0.352 e. The van der Waals surface area contributed by atoms with Crippen LogP contribution in [0.2, 0.25) is 5.02 Å². The predicted octanol–water partition coefficient (Wildman–Crippen LogP) is 4.87. The van der Waals surface area contributed by atoms with E-state index in [9.17, 15) is 9.18 Å². The van der Waals surface area contributed by atoms with Gasteiger partial charge >= 0.3 is 0 Å². The van der Waals surface area contributed by atoms with E-state index < -0.39 is 0 Å². The molecule has 228 valence electrons. The number of nitrogens with zero attached hydrogens (tertiary/aromatic N) is 4. The van der Waals surface area contributed by atoms with Gasteiger partial charge in [0, 0.05) is 65.7 Å². The van der Waals surface area contributed by atoms with Crippen LogP contribution in [-0.4, -0.2) is 86.3 Å². The van der Waals surface area contributed by atoms with E-state index >= 15 is 0 Å². The lowest BCUT2D eigenvalue weighted by molar-refractivity contribution is 0.0636. The molecule has 0 unspecified atom stereocenters. The molecule has 3 N–H and O–H groups in total. The van der Waals surface area contributed by atoms with Gasteiger partial charge in [0.2, 0.25) is 5.96 Å².